The molecule has 1 atom stereocenters. The summed E-state index contributed by atoms with van der Waals surface area (Å²) >= 11 is 0. The van der Waals surface area contributed by atoms with Gasteiger partial charge in [-0.05, 0) is 24.9 Å². The molecule has 1 saturated heterocycles. The molecule has 0 bridgehead atoms. The zero-order valence-corrected chi connectivity index (χ0v) is 12.1. The number of nitrogens with two attached hydrogens (primary N) is 1. The van der Waals surface area contributed by atoms with E-state index in [1.54, 1.807) is 4.90 Å². The molecular formula is C16H17F2N3O. The third kappa shape index (κ3) is 2.20. The number of fused-ring (bicyclic) bond motifs is 1. The van der Waals surface area contributed by atoms with Gasteiger partial charge in [0.2, 0.25) is 0 Å². The normalized spacial score (nSPS) is 18.1. The molecule has 116 valence electrons. The van der Waals surface area contributed by atoms with Crippen LogP contribution in [-0.2, 0) is 0 Å². The van der Waals surface area contributed by atoms with E-state index in [-0.39, 0.29) is 22.5 Å². The van der Waals surface area contributed by atoms with Gasteiger partial charge in [-0.15, -0.1) is 0 Å². The Hall–Kier alpha value is -2.21. The van der Waals surface area contributed by atoms with Crippen molar-refractivity contribution in [2.75, 3.05) is 24.5 Å². The summed E-state index contributed by atoms with van der Waals surface area (Å²) in [5.74, 6) is -1.22. The molecule has 0 saturated carbocycles. The van der Waals surface area contributed by atoms with Gasteiger partial charge in [0.1, 0.15) is 11.5 Å². The molecule has 2 aromatic rings. The second-order valence-electron chi connectivity index (χ2n) is 5.52. The number of hydrogen-bond donors (Lipinski definition) is 1. The van der Waals surface area contributed by atoms with Gasteiger partial charge in [0, 0.05) is 31.6 Å². The third-order valence-electron chi connectivity index (χ3n) is 4.21. The minimum Gasteiger partial charge on any atom is -0.366 e. The molecule has 2 N–H and O–H groups in total. The molecular weight excluding hydrogens is 288 g/mol. The number of pyridine rings is 1. The van der Waals surface area contributed by atoms with Crippen molar-refractivity contribution in [1.29, 1.82) is 0 Å². The molecule has 1 aromatic carbocycles. The Morgan fingerprint density at radius 2 is 2.23 bits per heavy atom. The molecule has 1 fully saturated rings. The van der Waals surface area contributed by atoms with Gasteiger partial charge in [0.25, 0.3) is 0 Å². The first-order chi connectivity index (χ1) is 10.6. The molecule has 1 aliphatic heterocycles. The van der Waals surface area contributed by atoms with E-state index >= 15 is 0 Å². The summed E-state index contributed by atoms with van der Waals surface area (Å²) in [6.07, 6.45) is 3.62. The highest BCUT2D eigenvalue weighted by Gasteiger charge is 2.28. The Balaban J connectivity index is 2.24. The van der Waals surface area contributed by atoms with Crippen molar-refractivity contribution in [1.82, 2.24) is 4.57 Å². The van der Waals surface area contributed by atoms with E-state index < -0.39 is 17.1 Å². The zero-order chi connectivity index (χ0) is 15.9. The molecule has 22 heavy (non-hydrogen) atoms. The van der Waals surface area contributed by atoms with Crippen LogP contribution in [0.4, 0.5) is 14.5 Å². The molecule has 6 heteroatoms. The van der Waals surface area contributed by atoms with Crippen molar-refractivity contribution in [3.8, 4) is 0 Å². The monoisotopic (exact) mass is 305 g/mol. The highest BCUT2D eigenvalue weighted by atomic mass is 19.1. The predicted molar refractivity (Wildman–Crippen MR) is 83.9 cm³/mol. The maximum absolute atomic E-state index is 14.9. The van der Waals surface area contributed by atoms with Crippen LogP contribution in [0.15, 0.2) is 29.7 Å². The molecule has 0 aliphatic carbocycles. The van der Waals surface area contributed by atoms with E-state index in [0.717, 1.165) is 12.5 Å². The van der Waals surface area contributed by atoms with Crippen LogP contribution in [-0.4, -0.2) is 24.2 Å². The van der Waals surface area contributed by atoms with Gasteiger partial charge < -0.3 is 15.2 Å². The lowest BCUT2D eigenvalue weighted by molar-refractivity contribution is 0.575. The molecule has 2 heterocycles. The van der Waals surface area contributed by atoms with Crippen molar-refractivity contribution in [3.63, 3.8) is 0 Å². The number of halogens is 2. The molecule has 1 aliphatic rings. The maximum Gasteiger partial charge on any atom is 0.189 e. The number of aromatic nitrogens is 1. The van der Waals surface area contributed by atoms with E-state index in [4.69, 9.17) is 5.73 Å². The van der Waals surface area contributed by atoms with E-state index in [0.29, 0.717) is 19.6 Å². The first kappa shape index (κ1) is 14.7. The van der Waals surface area contributed by atoms with Gasteiger partial charge in [-0.2, -0.15) is 0 Å². The first-order valence-electron chi connectivity index (χ1n) is 7.17. The summed E-state index contributed by atoms with van der Waals surface area (Å²) in [7, 11) is 0. The Morgan fingerprint density at radius 3 is 2.86 bits per heavy atom. The summed E-state index contributed by atoms with van der Waals surface area (Å²) in [5.41, 5.74) is 5.17. The Kier molecular flexibility index (Phi) is 3.70. The quantitative estimate of drug-likeness (QED) is 0.945. The van der Waals surface area contributed by atoms with Crippen LogP contribution >= 0.6 is 0 Å². The first-order valence-corrected chi connectivity index (χ1v) is 7.17. The fraction of sp³-hybridized carbons (Fsp3) is 0.312. The lowest BCUT2D eigenvalue weighted by Gasteiger charge is -2.21. The summed E-state index contributed by atoms with van der Waals surface area (Å²) in [4.78, 5) is 13.5. The van der Waals surface area contributed by atoms with Crippen LogP contribution in [0.2, 0.25) is 0 Å². The number of nitrogens with zero attached hydrogens (tertiary/aromatic N) is 2. The largest absolute Gasteiger partial charge is 0.366 e. The van der Waals surface area contributed by atoms with Crippen LogP contribution in [0.25, 0.3) is 17.1 Å². The van der Waals surface area contributed by atoms with Gasteiger partial charge in [0.05, 0.1) is 10.9 Å². The van der Waals surface area contributed by atoms with E-state index in [1.807, 2.05) is 0 Å². The maximum atomic E-state index is 14.9. The van der Waals surface area contributed by atoms with E-state index in [1.165, 1.54) is 23.0 Å². The number of anilines is 1. The Labute approximate surface area is 126 Å². The molecule has 0 radical (unpaired) electrons. The zero-order valence-electron chi connectivity index (χ0n) is 12.1. The smallest absolute Gasteiger partial charge is 0.189 e. The molecule has 3 rings (SSSR count). The van der Waals surface area contributed by atoms with Crippen molar-refractivity contribution in [2.45, 2.75) is 6.42 Å². The molecule has 4 nitrogen and oxygen atoms in total. The lowest BCUT2D eigenvalue weighted by atomic mass is 10.1. The van der Waals surface area contributed by atoms with Crippen molar-refractivity contribution in [2.24, 2.45) is 11.7 Å². The van der Waals surface area contributed by atoms with Gasteiger partial charge in [-0.1, -0.05) is 6.58 Å². The summed E-state index contributed by atoms with van der Waals surface area (Å²) < 4.78 is 30.7. The predicted octanol–water partition coefficient (Wildman–Crippen LogP) is 2.17. The fourth-order valence-corrected chi connectivity index (χ4v) is 3.02. The van der Waals surface area contributed by atoms with E-state index in [9.17, 15) is 13.6 Å². The SMILES string of the molecule is C=Cn1ccc(=O)c2cc(F)c(N3CCC(CN)C3)c(F)c21. The average molecular weight is 305 g/mol. The highest BCUT2D eigenvalue weighted by molar-refractivity contribution is 5.85. The highest BCUT2D eigenvalue weighted by Crippen LogP contribution is 2.32. The number of benzene rings is 1. The van der Waals surface area contributed by atoms with Gasteiger partial charge in [0.15, 0.2) is 11.2 Å². The Morgan fingerprint density at radius 1 is 1.45 bits per heavy atom. The van der Waals surface area contributed by atoms with Crippen LogP contribution in [0, 0.1) is 17.6 Å². The molecule has 1 aromatic heterocycles. The standard InChI is InChI=1S/C16H17F2N3O/c1-2-20-6-4-13(22)11-7-12(17)16(14(18)15(11)20)21-5-3-10(8-19)9-21/h2,4,6-7,10H,1,3,5,8-9,19H2. The molecule has 1 unspecified atom stereocenters. The van der Waals surface area contributed by atoms with E-state index in [2.05, 4.69) is 6.58 Å². The number of hydrogen-bond acceptors (Lipinski definition) is 3. The minimum atomic E-state index is -0.731. The van der Waals surface area contributed by atoms with Crippen molar-refractivity contribution < 1.29 is 8.78 Å². The topological polar surface area (TPSA) is 51.3 Å². The van der Waals surface area contributed by atoms with Crippen LogP contribution in [0.1, 0.15) is 6.42 Å². The van der Waals surface area contributed by atoms with Crippen LogP contribution in [0.3, 0.4) is 0 Å². The van der Waals surface area contributed by atoms with Gasteiger partial charge >= 0.3 is 0 Å². The second-order valence-corrected chi connectivity index (χ2v) is 5.52. The van der Waals surface area contributed by atoms with Gasteiger partial charge in [-0.25, -0.2) is 8.78 Å². The lowest BCUT2D eigenvalue weighted by Crippen LogP contribution is -2.25. The van der Waals surface area contributed by atoms with Crippen molar-refractivity contribution >= 4 is 22.8 Å². The summed E-state index contributed by atoms with van der Waals surface area (Å²) in [5, 5.41) is 0.00993. The van der Waals surface area contributed by atoms with Crippen molar-refractivity contribution in [3.05, 3.63) is 46.8 Å². The summed E-state index contributed by atoms with van der Waals surface area (Å²) in [6.45, 7) is 5.15. The molecule has 0 spiro atoms. The fourth-order valence-electron chi connectivity index (χ4n) is 3.02. The second kappa shape index (κ2) is 5.53. The third-order valence-corrected chi connectivity index (χ3v) is 4.21. The van der Waals surface area contributed by atoms with Gasteiger partial charge in [-0.3, -0.25) is 4.79 Å². The minimum absolute atomic E-state index is 0.00993. The van der Waals surface area contributed by atoms with Crippen LogP contribution in [0.5, 0.6) is 0 Å². The summed E-state index contributed by atoms with van der Waals surface area (Å²) in [6, 6.07) is 2.37. The number of rotatable bonds is 3. The average Bonchev–Trinajstić information content (AvgIpc) is 2.97. The molecule has 0 amide bonds. The van der Waals surface area contributed by atoms with Crippen LogP contribution < -0.4 is 16.1 Å². The Bertz CT molecular complexity index is 800.